The van der Waals surface area contributed by atoms with E-state index in [4.69, 9.17) is 11.5 Å². The van der Waals surface area contributed by atoms with E-state index in [0.717, 1.165) is 12.1 Å². The second-order valence-corrected chi connectivity index (χ2v) is 4.41. The van der Waals surface area contributed by atoms with Crippen molar-refractivity contribution >= 4 is 11.6 Å². The minimum Gasteiger partial charge on any atom is -0.392 e. The summed E-state index contributed by atoms with van der Waals surface area (Å²) >= 11 is 0. The lowest BCUT2D eigenvalue weighted by Crippen LogP contribution is -2.39. The molecule has 8 heteroatoms. The number of carbonyl (C=O) groups excluding carboxylic acids is 1. The van der Waals surface area contributed by atoms with Crippen molar-refractivity contribution in [1.29, 1.82) is 0 Å². The number of anilines is 1. The first-order valence-electron chi connectivity index (χ1n) is 5.81. The van der Waals surface area contributed by atoms with Gasteiger partial charge in [0.1, 0.15) is 0 Å². The Hall–Kier alpha value is -1.80. The third-order valence-corrected chi connectivity index (χ3v) is 2.76. The monoisotopic (exact) mass is 291 g/mol. The maximum atomic E-state index is 12.6. The maximum Gasteiger partial charge on any atom is 0.416 e. The first-order valence-corrected chi connectivity index (χ1v) is 5.81. The van der Waals surface area contributed by atoms with E-state index in [-0.39, 0.29) is 17.8 Å². The Kier molecular flexibility index (Phi) is 4.96. The molecule has 5 nitrogen and oxygen atoms in total. The van der Waals surface area contributed by atoms with Gasteiger partial charge in [0.25, 0.3) is 5.91 Å². The van der Waals surface area contributed by atoms with E-state index in [0.29, 0.717) is 6.07 Å². The molecule has 2 atom stereocenters. The van der Waals surface area contributed by atoms with Gasteiger partial charge in [-0.2, -0.15) is 13.2 Å². The topological polar surface area (TPSA) is 101 Å². The van der Waals surface area contributed by atoms with Crippen molar-refractivity contribution in [1.82, 2.24) is 0 Å². The second kappa shape index (κ2) is 6.10. The predicted octanol–water partition coefficient (Wildman–Crippen LogP) is 0.924. The predicted molar refractivity (Wildman–Crippen MR) is 68.1 cm³/mol. The Bertz CT molecular complexity index is 489. The molecule has 0 aliphatic heterocycles. The van der Waals surface area contributed by atoms with Crippen molar-refractivity contribution < 1.29 is 23.1 Å². The molecule has 0 aliphatic carbocycles. The van der Waals surface area contributed by atoms with Crippen molar-refractivity contribution in [2.45, 2.75) is 25.2 Å². The Morgan fingerprint density at radius 2 is 2.05 bits per heavy atom. The second-order valence-electron chi connectivity index (χ2n) is 4.41. The molecule has 0 saturated carbocycles. The van der Waals surface area contributed by atoms with E-state index >= 15 is 0 Å². The van der Waals surface area contributed by atoms with Gasteiger partial charge in [0.15, 0.2) is 0 Å². The van der Waals surface area contributed by atoms with Crippen LogP contribution in [0.5, 0.6) is 0 Å². The molecule has 0 spiro atoms. The highest BCUT2D eigenvalue weighted by Crippen LogP contribution is 2.31. The molecule has 6 N–H and O–H groups in total. The largest absolute Gasteiger partial charge is 0.416 e. The number of amides is 1. The first-order chi connectivity index (χ1) is 9.12. The Morgan fingerprint density at radius 3 is 2.50 bits per heavy atom. The smallest absolute Gasteiger partial charge is 0.392 e. The van der Waals surface area contributed by atoms with Crippen LogP contribution < -0.4 is 16.8 Å². The van der Waals surface area contributed by atoms with Gasteiger partial charge in [-0.25, -0.2) is 0 Å². The van der Waals surface area contributed by atoms with E-state index in [1.54, 1.807) is 0 Å². The standard InChI is InChI=1S/C12H16F3N3O2/c1-6(19)9(16)5-18-10-3-2-7(12(13,14)15)4-8(10)11(17)20/h2-4,6,9,18-19H,5,16H2,1H3,(H2,17,20). The van der Waals surface area contributed by atoms with Crippen LogP contribution >= 0.6 is 0 Å². The van der Waals surface area contributed by atoms with Crippen molar-refractivity contribution in [3.8, 4) is 0 Å². The number of primary amides is 1. The number of benzene rings is 1. The number of alkyl halides is 3. The fourth-order valence-corrected chi connectivity index (χ4v) is 1.48. The molecule has 1 aromatic carbocycles. The lowest BCUT2D eigenvalue weighted by Gasteiger charge is -2.18. The number of hydrogen-bond donors (Lipinski definition) is 4. The van der Waals surface area contributed by atoms with E-state index in [1.165, 1.54) is 6.92 Å². The molecule has 0 heterocycles. The third-order valence-electron chi connectivity index (χ3n) is 2.76. The van der Waals surface area contributed by atoms with Crippen LogP contribution in [0.25, 0.3) is 0 Å². The van der Waals surface area contributed by atoms with Gasteiger partial charge in [-0.15, -0.1) is 0 Å². The van der Waals surface area contributed by atoms with Gasteiger partial charge in [-0.05, 0) is 25.1 Å². The van der Waals surface area contributed by atoms with Gasteiger partial charge in [-0.3, -0.25) is 4.79 Å². The molecule has 0 saturated heterocycles. The van der Waals surface area contributed by atoms with Crippen LogP contribution in [0.4, 0.5) is 18.9 Å². The molecular weight excluding hydrogens is 275 g/mol. The zero-order valence-electron chi connectivity index (χ0n) is 10.7. The van der Waals surface area contributed by atoms with E-state index in [2.05, 4.69) is 5.32 Å². The molecule has 0 bridgehead atoms. The highest BCUT2D eigenvalue weighted by molar-refractivity contribution is 5.98. The summed E-state index contributed by atoms with van der Waals surface area (Å²) in [7, 11) is 0. The summed E-state index contributed by atoms with van der Waals surface area (Å²) in [6.45, 7) is 1.57. The minimum atomic E-state index is -4.56. The number of aliphatic hydroxyl groups excluding tert-OH is 1. The molecule has 0 aromatic heterocycles. The SMILES string of the molecule is CC(O)C(N)CNc1ccc(C(F)(F)F)cc1C(N)=O. The number of aliphatic hydroxyl groups is 1. The third kappa shape index (κ3) is 4.10. The zero-order valence-corrected chi connectivity index (χ0v) is 10.7. The van der Waals surface area contributed by atoms with Gasteiger partial charge >= 0.3 is 6.18 Å². The van der Waals surface area contributed by atoms with Crippen molar-refractivity contribution in [3.63, 3.8) is 0 Å². The van der Waals surface area contributed by atoms with E-state index in [9.17, 15) is 23.1 Å². The number of rotatable bonds is 5. The summed E-state index contributed by atoms with van der Waals surface area (Å²) in [5.41, 5.74) is 9.55. The fourth-order valence-electron chi connectivity index (χ4n) is 1.48. The fraction of sp³-hybridized carbons (Fsp3) is 0.417. The average Bonchev–Trinajstić information content (AvgIpc) is 2.34. The summed E-state index contributed by atoms with van der Waals surface area (Å²) in [5, 5.41) is 11.9. The summed E-state index contributed by atoms with van der Waals surface area (Å²) in [4.78, 5) is 11.2. The summed E-state index contributed by atoms with van der Waals surface area (Å²) in [6.07, 6.45) is -5.35. The maximum absolute atomic E-state index is 12.6. The lowest BCUT2D eigenvalue weighted by molar-refractivity contribution is -0.137. The number of halogens is 3. The molecular formula is C12H16F3N3O2. The Morgan fingerprint density at radius 1 is 1.45 bits per heavy atom. The highest BCUT2D eigenvalue weighted by Gasteiger charge is 2.31. The van der Waals surface area contributed by atoms with Crippen LogP contribution in [-0.2, 0) is 6.18 Å². The summed E-state index contributed by atoms with van der Waals surface area (Å²) in [6, 6.07) is 2.00. The van der Waals surface area contributed by atoms with Crippen LogP contribution in [-0.4, -0.2) is 29.7 Å². The Balaban J connectivity index is 3.00. The molecule has 0 radical (unpaired) electrons. The van der Waals surface area contributed by atoms with Gasteiger partial charge in [-0.1, -0.05) is 0 Å². The summed E-state index contributed by atoms with van der Waals surface area (Å²) in [5.74, 6) is -0.982. The minimum absolute atomic E-state index is 0.0866. The van der Waals surface area contributed by atoms with Crippen LogP contribution in [0, 0.1) is 0 Å². The van der Waals surface area contributed by atoms with E-state index < -0.39 is 29.8 Å². The van der Waals surface area contributed by atoms with Gasteiger partial charge in [0.2, 0.25) is 0 Å². The van der Waals surface area contributed by atoms with Crippen LogP contribution in [0.2, 0.25) is 0 Å². The number of nitrogens with two attached hydrogens (primary N) is 2. The van der Waals surface area contributed by atoms with Crippen LogP contribution in [0.1, 0.15) is 22.8 Å². The van der Waals surface area contributed by atoms with Crippen molar-refractivity contribution in [2.75, 3.05) is 11.9 Å². The number of nitrogens with one attached hydrogen (secondary N) is 1. The average molecular weight is 291 g/mol. The van der Waals surface area contributed by atoms with Gasteiger partial charge in [0, 0.05) is 18.3 Å². The van der Waals surface area contributed by atoms with E-state index in [1.807, 2.05) is 0 Å². The highest BCUT2D eigenvalue weighted by atomic mass is 19.4. The summed E-state index contributed by atoms with van der Waals surface area (Å²) < 4.78 is 37.7. The molecule has 20 heavy (non-hydrogen) atoms. The lowest BCUT2D eigenvalue weighted by atomic mass is 10.1. The van der Waals surface area contributed by atoms with Crippen molar-refractivity contribution in [3.05, 3.63) is 29.3 Å². The molecule has 1 amide bonds. The van der Waals surface area contributed by atoms with Gasteiger partial charge < -0.3 is 21.9 Å². The number of carbonyl (C=O) groups is 1. The molecule has 0 fully saturated rings. The quantitative estimate of drug-likeness (QED) is 0.648. The van der Waals surface area contributed by atoms with Crippen molar-refractivity contribution in [2.24, 2.45) is 11.5 Å². The van der Waals surface area contributed by atoms with Crippen LogP contribution in [0.15, 0.2) is 18.2 Å². The first kappa shape index (κ1) is 16.3. The normalized spacial score (nSPS) is 14.7. The molecule has 1 aromatic rings. The Labute approximate surface area is 113 Å². The van der Waals surface area contributed by atoms with Crippen LogP contribution in [0.3, 0.4) is 0 Å². The van der Waals surface area contributed by atoms with Gasteiger partial charge in [0.05, 0.1) is 17.2 Å². The molecule has 0 aliphatic rings. The zero-order chi connectivity index (χ0) is 15.5. The molecule has 1 rings (SSSR count). The molecule has 112 valence electrons. The number of hydrogen-bond acceptors (Lipinski definition) is 4. The molecule has 2 unspecified atom stereocenters.